The van der Waals surface area contributed by atoms with E-state index >= 15 is 0 Å². The summed E-state index contributed by atoms with van der Waals surface area (Å²) in [4.78, 5) is 16.4. The first kappa shape index (κ1) is 13.1. The van der Waals surface area contributed by atoms with Gasteiger partial charge in [-0.2, -0.15) is 0 Å². The normalized spacial score (nSPS) is 21.7. The van der Waals surface area contributed by atoms with Gasteiger partial charge in [-0.1, -0.05) is 36.8 Å². The molecule has 1 aliphatic heterocycles. The summed E-state index contributed by atoms with van der Waals surface area (Å²) in [6, 6.07) is 12.8. The number of hydrogen-bond acceptors (Lipinski definition) is 2. The number of fused-ring (bicyclic) bond motifs is 1. The van der Waals surface area contributed by atoms with Gasteiger partial charge in [-0.25, -0.2) is 0 Å². The second kappa shape index (κ2) is 5.30. The molecule has 1 saturated carbocycles. The van der Waals surface area contributed by atoms with Gasteiger partial charge in [-0.15, -0.1) is 11.3 Å². The minimum absolute atomic E-state index is 0.120. The molecule has 1 atom stereocenters. The summed E-state index contributed by atoms with van der Waals surface area (Å²) in [5.74, 6) is 0.642. The Labute approximate surface area is 129 Å². The topological polar surface area (TPSA) is 20.3 Å². The Morgan fingerprint density at radius 3 is 2.67 bits per heavy atom. The molecular weight excluding hydrogens is 278 g/mol. The number of hydrogen-bond donors (Lipinski definition) is 0. The number of carbonyl (C=O) groups excluding carboxylic acids is 1. The van der Waals surface area contributed by atoms with E-state index in [0.717, 1.165) is 25.8 Å². The molecule has 3 heteroatoms. The lowest BCUT2D eigenvalue weighted by atomic mass is 9.82. The summed E-state index contributed by atoms with van der Waals surface area (Å²) in [7, 11) is 0. The molecule has 4 rings (SSSR count). The predicted molar refractivity (Wildman–Crippen MR) is 85.4 cm³/mol. The fraction of sp³-hybridized carbons (Fsp3) is 0.389. The van der Waals surface area contributed by atoms with Crippen LogP contribution in [0.15, 0.2) is 41.8 Å². The predicted octanol–water partition coefficient (Wildman–Crippen LogP) is 4.02. The van der Waals surface area contributed by atoms with Gasteiger partial charge in [0.1, 0.15) is 0 Å². The Morgan fingerprint density at radius 2 is 1.95 bits per heavy atom. The van der Waals surface area contributed by atoms with Crippen molar-refractivity contribution in [2.45, 2.75) is 31.7 Å². The zero-order valence-electron chi connectivity index (χ0n) is 12.0. The second-order valence-corrected chi connectivity index (χ2v) is 7.02. The van der Waals surface area contributed by atoms with E-state index in [1.807, 2.05) is 17.4 Å². The lowest BCUT2D eigenvalue weighted by molar-refractivity contribution is -0.140. The van der Waals surface area contributed by atoms with E-state index in [-0.39, 0.29) is 12.0 Å². The van der Waals surface area contributed by atoms with Gasteiger partial charge < -0.3 is 4.90 Å². The van der Waals surface area contributed by atoms with Crippen molar-refractivity contribution in [3.8, 4) is 0 Å². The average Bonchev–Trinajstić information content (AvgIpc) is 2.93. The second-order valence-electron chi connectivity index (χ2n) is 6.02. The van der Waals surface area contributed by atoms with Crippen LogP contribution in [0.5, 0.6) is 0 Å². The number of nitrogens with zero attached hydrogens (tertiary/aromatic N) is 1. The van der Waals surface area contributed by atoms with Crippen LogP contribution in [-0.2, 0) is 11.2 Å². The molecule has 1 unspecified atom stereocenters. The molecule has 21 heavy (non-hydrogen) atoms. The van der Waals surface area contributed by atoms with Crippen LogP contribution in [0.2, 0.25) is 0 Å². The molecule has 0 radical (unpaired) electrons. The first-order valence-corrected chi connectivity index (χ1v) is 8.64. The van der Waals surface area contributed by atoms with Gasteiger partial charge in [0, 0.05) is 17.3 Å². The minimum Gasteiger partial charge on any atom is -0.331 e. The fourth-order valence-corrected chi connectivity index (χ4v) is 4.34. The summed E-state index contributed by atoms with van der Waals surface area (Å²) in [5.41, 5.74) is 2.58. The summed E-state index contributed by atoms with van der Waals surface area (Å²) >= 11 is 1.83. The van der Waals surface area contributed by atoms with Gasteiger partial charge in [0.05, 0.1) is 6.04 Å². The Balaban J connectivity index is 1.74. The molecule has 108 valence electrons. The largest absolute Gasteiger partial charge is 0.331 e. The molecule has 1 amide bonds. The summed E-state index contributed by atoms with van der Waals surface area (Å²) in [5, 5.41) is 2.16. The van der Waals surface area contributed by atoms with Crippen LogP contribution in [0.25, 0.3) is 0 Å². The van der Waals surface area contributed by atoms with E-state index in [4.69, 9.17) is 0 Å². The molecule has 0 spiro atoms. The third kappa shape index (κ3) is 2.20. The van der Waals surface area contributed by atoms with Crippen molar-refractivity contribution >= 4 is 17.2 Å². The maximum atomic E-state index is 12.8. The van der Waals surface area contributed by atoms with E-state index in [9.17, 15) is 4.79 Å². The van der Waals surface area contributed by atoms with Gasteiger partial charge in [0.25, 0.3) is 0 Å². The van der Waals surface area contributed by atoms with E-state index in [1.165, 1.54) is 22.4 Å². The van der Waals surface area contributed by atoms with E-state index < -0.39 is 0 Å². The maximum absolute atomic E-state index is 12.8. The highest BCUT2D eigenvalue weighted by Crippen LogP contribution is 2.40. The SMILES string of the molecule is O=C(C1CCC1)N1CCc2sccc2C1c1ccccc1. The molecule has 2 aromatic rings. The van der Waals surface area contributed by atoms with Crippen molar-refractivity contribution in [2.75, 3.05) is 6.54 Å². The number of benzene rings is 1. The lowest BCUT2D eigenvalue weighted by Crippen LogP contribution is -2.44. The highest BCUT2D eigenvalue weighted by molar-refractivity contribution is 7.10. The smallest absolute Gasteiger partial charge is 0.226 e. The monoisotopic (exact) mass is 297 g/mol. The van der Waals surface area contributed by atoms with E-state index in [0.29, 0.717) is 5.91 Å². The number of carbonyl (C=O) groups is 1. The number of thiophene rings is 1. The molecule has 1 aromatic carbocycles. The van der Waals surface area contributed by atoms with Crippen molar-refractivity contribution in [1.82, 2.24) is 4.90 Å². The van der Waals surface area contributed by atoms with Crippen molar-refractivity contribution < 1.29 is 4.79 Å². The first-order chi connectivity index (χ1) is 10.3. The summed E-state index contributed by atoms with van der Waals surface area (Å²) < 4.78 is 0. The molecule has 2 aliphatic rings. The Bertz CT molecular complexity index is 644. The Hall–Kier alpha value is -1.61. The van der Waals surface area contributed by atoms with Gasteiger partial charge >= 0.3 is 0 Å². The zero-order chi connectivity index (χ0) is 14.2. The molecule has 1 fully saturated rings. The Kier molecular flexibility index (Phi) is 3.30. The lowest BCUT2D eigenvalue weighted by Gasteiger charge is -2.40. The van der Waals surface area contributed by atoms with Crippen LogP contribution in [0, 0.1) is 5.92 Å². The van der Waals surface area contributed by atoms with Crippen LogP contribution in [0.3, 0.4) is 0 Å². The van der Waals surface area contributed by atoms with Crippen LogP contribution >= 0.6 is 11.3 Å². The molecule has 1 aliphatic carbocycles. The number of amides is 1. The van der Waals surface area contributed by atoms with E-state index in [1.54, 1.807) is 0 Å². The minimum atomic E-state index is 0.120. The maximum Gasteiger partial charge on any atom is 0.226 e. The van der Waals surface area contributed by atoms with Crippen molar-refractivity contribution in [3.05, 3.63) is 57.8 Å². The summed E-state index contributed by atoms with van der Waals surface area (Å²) in [6.45, 7) is 0.863. The van der Waals surface area contributed by atoms with Gasteiger partial charge in [0.2, 0.25) is 5.91 Å². The van der Waals surface area contributed by atoms with Crippen LogP contribution < -0.4 is 0 Å². The van der Waals surface area contributed by atoms with Crippen LogP contribution in [0.1, 0.15) is 41.3 Å². The molecular formula is C18H19NOS. The van der Waals surface area contributed by atoms with Crippen molar-refractivity contribution in [1.29, 1.82) is 0 Å². The molecule has 0 bridgehead atoms. The highest BCUT2D eigenvalue weighted by Gasteiger charge is 2.37. The summed E-state index contributed by atoms with van der Waals surface area (Å²) in [6.07, 6.45) is 4.37. The van der Waals surface area contributed by atoms with Crippen molar-refractivity contribution in [2.24, 2.45) is 5.92 Å². The molecule has 2 heterocycles. The third-order valence-electron chi connectivity index (χ3n) is 4.82. The highest BCUT2D eigenvalue weighted by atomic mass is 32.1. The molecule has 0 N–H and O–H groups in total. The van der Waals surface area contributed by atoms with Gasteiger partial charge in [-0.05, 0) is 41.8 Å². The quantitative estimate of drug-likeness (QED) is 0.820. The fourth-order valence-electron chi connectivity index (χ4n) is 3.44. The number of rotatable bonds is 2. The van der Waals surface area contributed by atoms with E-state index in [2.05, 4.69) is 40.6 Å². The standard InChI is InChI=1S/C18H19NOS/c20-18(14-7-4-8-14)19-11-9-16-15(10-12-21-16)17(19)13-5-2-1-3-6-13/h1-3,5-6,10,12,14,17H,4,7-9,11H2. The van der Waals surface area contributed by atoms with Gasteiger partial charge in [-0.3, -0.25) is 4.79 Å². The average molecular weight is 297 g/mol. The molecule has 0 saturated heterocycles. The Morgan fingerprint density at radius 1 is 1.14 bits per heavy atom. The van der Waals surface area contributed by atoms with Crippen molar-refractivity contribution in [3.63, 3.8) is 0 Å². The van der Waals surface area contributed by atoms with Crippen LogP contribution in [-0.4, -0.2) is 17.4 Å². The van der Waals surface area contributed by atoms with Gasteiger partial charge in [0.15, 0.2) is 0 Å². The third-order valence-corrected chi connectivity index (χ3v) is 5.82. The van der Waals surface area contributed by atoms with Crippen LogP contribution in [0.4, 0.5) is 0 Å². The molecule has 2 nitrogen and oxygen atoms in total. The first-order valence-electron chi connectivity index (χ1n) is 7.76. The zero-order valence-corrected chi connectivity index (χ0v) is 12.8. The molecule has 1 aromatic heterocycles.